The van der Waals surface area contributed by atoms with Crippen molar-refractivity contribution in [1.82, 2.24) is 14.6 Å². The molecule has 1 aromatic carbocycles. The summed E-state index contributed by atoms with van der Waals surface area (Å²) in [6, 6.07) is 12.3. The molecule has 0 amide bonds. The minimum atomic E-state index is 0.763. The molecule has 2 heterocycles. The van der Waals surface area contributed by atoms with Crippen molar-refractivity contribution in [2.45, 2.75) is 13.3 Å². The largest absolute Gasteiger partial charge is 0.219 e. The number of fused-ring (bicyclic) bond motifs is 1. The Morgan fingerprint density at radius 3 is 2.78 bits per heavy atom. The summed E-state index contributed by atoms with van der Waals surface area (Å²) >= 11 is 3.47. The van der Waals surface area contributed by atoms with Crippen molar-refractivity contribution in [2.24, 2.45) is 0 Å². The predicted molar refractivity (Wildman–Crippen MR) is 74.7 cm³/mol. The molecule has 3 aromatic rings. The molecule has 3 rings (SSSR count). The van der Waals surface area contributed by atoms with Crippen molar-refractivity contribution in [1.29, 1.82) is 0 Å². The third-order valence-corrected chi connectivity index (χ3v) is 3.27. The van der Waals surface area contributed by atoms with Crippen LogP contribution in [0.15, 0.2) is 47.1 Å². The van der Waals surface area contributed by atoms with Gasteiger partial charge in [0, 0.05) is 17.1 Å². The summed E-state index contributed by atoms with van der Waals surface area (Å²) in [5.74, 6) is 0.849. The maximum atomic E-state index is 4.58. The van der Waals surface area contributed by atoms with Crippen LogP contribution in [0.25, 0.3) is 5.65 Å². The van der Waals surface area contributed by atoms with Gasteiger partial charge >= 0.3 is 0 Å². The zero-order chi connectivity index (χ0) is 12.5. The lowest BCUT2D eigenvalue weighted by molar-refractivity contribution is 0.895. The minimum Gasteiger partial charge on any atom is -0.219 e. The van der Waals surface area contributed by atoms with Crippen LogP contribution in [-0.4, -0.2) is 14.6 Å². The van der Waals surface area contributed by atoms with E-state index in [1.165, 1.54) is 5.56 Å². The fourth-order valence-corrected chi connectivity index (χ4v) is 2.54. The van der Waals surface area contributed by atoms with Crippen LogP contribution in [0.5, 0.6) is 0 Å². The van der Waals surface area contributed by atoms with E-state index in [0.717, 1.165) is 27.9 Å². The van der Waals surface area contributed by atoms with E-state index in [9.17, 15) is 0 Å². The molecule has 0 saturated heterocycles. The lowest BCUT2D eigenvalue weighted by atomic mass is 10.1. The highest BCUT2D eigenvalue weighted by molar-refractivity contribution is 9.10. The Labute approximate surface area is 114 Å². The maximum absolute atomic E-state index is 4.58. The molecular weight excluding hydrogens is 290 g/mol. The number of rotatable bonds is 2. The van der Waals surface area contributed by atoms with Crippen LogP contribution in [0.4, 0.5) is 0 Å². The molecule has 0 aliphatic heterocycles. The lowest BCUT2D eigenvalue weighted by Crippen LogP contribution is -1.92. The first-order valence-electron chi connectivity index (χ1n) is 5.78. The van der Waals surface area contributed by atoms with Gasteiger partial charge in [0.2, 0.25) is 0 Å². The van der Waals surface area contributed by atoms with E-state index in [2.05, 4.69) is 44.2 Å². The van der Waals surface area contributed by atoms with Crippen LogP contribution in [0.3, 0.4) is 0 Å². The first kappa shape index (κ1) is 11.4. The second kappa shape index (κ2) is 4.53. The second-order valence-corrected chi connectivity index (χ2v) is 5.22. The normalized spacial score (nSPS) is 11.0. The molecule has 0 bridgehead atoms. The number of hydrogen-bond donors (Lipinski definition) is 0. The van der Waals surface area contributed by atoms with Gasteiger partial charge in [-0.25, -0.2) is 9.50 Å². The van der Waals surface area contributed by atoms with E-state index in [4.69, 9.17) is 0 Å². The van der Waals surface area contributed by atoms with Gasteiger partial charge in [0.15, 0.2) is 11.5 Å². The molecule has 0 aliphatic rings. The van der Waals surface area contributed by atoms with E-state index in [1.54, 1.807) is 0 Å². The number of aromatic nitrogens is 3. The van der Waals surface area contributed by atoms with Gasteiger partial charge in [-0.3, -0.25) is 0 Å². The smallest absolute Gasteiger partial charge is 0.158 e. The average molecular weight is 302 g/mol. The maximum Gasteiger partial charge on any atom is 0.158 e. The third-order valence-electron chi connectivity index (χ3n) is 2.83. The zero-order valence-electron chi connectivity index (χ0n) is 9.97. The first-order chi connectivity index (χ1) is 8.72. The number of pyridine rings is 1. The standard InChI is InChI=1S/C14H12BrN3/c1-10-7-12(15)9-18-14(10)16-13(17-18)8-11-5-3-2-4-6-11/h2-7,9H,8H2,1H3. The van der Waals surface area contributed by atoms with Crippen molar-refractivity contribution >= 4 is 21.6 Å². The van der Waals surface area contributed by atoms with Crippen molar-refractivity contribution < 1.29 is 0 Å². The summed E-state index contributed by atoms with van der Waals surface area (Å²) in [4.78, 5) is 4.58. The number of nitrogens with zero attached hydrogens (tertiary/aromatic N) is 3. The highest BCUT2D eigenvalue weighted by Gasteiger charge is 2.07. The Bertz CT molecular complexity index is 689. The minimum absolute atomic E-state index is 0.763. The fraction of sp³-hybridized carbons (Fsp3) is 0.143. The van der Waals surface area contributed by atoms with Gasteiger partial charge in [0.05, 0.1) is 0 Å². The van der Waals surface area contributed by atoms with Crippen LogP contribution in [0.1, 0.15) is 17.0 Å². The molecule has 2 aromatic heterocycles. The van der Waals surface area contributed by atoms with Crippen LogP contribution < -0.4 is 0 Å². The summed E-state index contributed by atoms with van der Waals surface area (Å²) in [7, 11) is 0. The highest BCUT2D eigenvalue weighted by atomic mass is 79.9. The molecule has 0 saturated carbocycles. The monoisotopic (exact) mass is 301 g/mol. The first-order valence-corrected chi connectivity index (χ1v) is 6.57. The molecule has 0 spiro atoms. The van der Waals surface area contributed by atoms with Crippen LogP contribution in [0.2, 0.25) is 0 Å². The molecule has 0 radical (unpaired) electrons. The molecule has 0 N–H and O–H groups in total. The Hall–Kier alpha value is -1.68. The van der Waals surface area contributed by atoms with E-state index >= 15 is 0 Å². The SMILES string of the molecule is Cc1cc(Br)cn2nc(Cc3ccccc3)nc12. The number of benzene rings is 1. The average Bonchev–Trinajstić information content (AvgIpc) is 2.73. The molecule has 0 atom stereocenters. The third kappa shape index (κ3) is 2.16. The Morgan fingerprint density at radius 2 is 2.00 bits per heavy atom. The Kier molecular flexibility index (Phi) is 2.88. The van der Waals surface area contributed by atoms with E-state index < -0.39 is 0 Å². The second-order valence-electron chi connectivity index (χ2n) is 4.30. The summed E-state index contributed by atoms with van der Waals surface area (Å²) in [5, 5.41) is 4.51. The molecular formula is C14H12BrN3. The molecule has 18 heavy (non-hydrogen) atoms. The summed E-state index contributed by atoms with van der Waals surface area (Å²) < 4.78 is 2.85. The van der Waals surface area contributed by atoms with Gasteiger partial charge < -0.3 is 0 Å². The molecule has 0 fully saturated rings. The summed E-state index contributed by atoms with van der Waals surface area (Å²) in [6.07, 6.45) is 2.70. The summed E-state index contributed by atoms with van der Waals surface area (Å²) in [6.45, 7) is 2.04. The lowest BCUT2D eigenvalue weighted by Gasteiger charge is -1.96. The molecule has 4 heteroatoms. The van der Waals surface area contributed by atoms with Crippen molar-refractivity contribution in [2.75, 3.05) is 0 Å². The van der Waals surface area contributed by atoms with E-state index in [-0.39, 0.29) is 0 Å². The topological polar surface area (TPSA) is 30.2 Å². The van der Waals surface area contributed by atoms with Crippen LogP contribution >= 0.6 is 15.9 Å². The summed E-state index contributed by atoms with van der Waals surface area (Å²) in [5.41, 5.74) is 3.27. The van der Waals surface area contributed by atoms with Gasteiger partial charge in [-0.15, -0.1) is 0 Å². The molecule has 0 aliphatic carbocycles. The quantitative estimate of drug-likeness (QED) is 0.726. The number of hydrogen-bond acceptors (Lipinski definition) is 2. The van der Waals surface area contributed by atoms with E-state index in [1.807, 2.05) is 35.8 Å². The number of halogens is 1. The van der Waals surface area contributed by atoms with E-state index in [0.29, 0.717) is 0 Å². The molecule has 0 unspecified atom stereocenters. The van der Waals surface area contributed by atoms with Gasteiger partial charge in [-0.05, 0) is 40.0 Å². The van der Waals surface area contributed by atoms with Crippen molar-refractivity contribution in [3.8, 4) is 0 Å². The Balaban J connectivity index is 2.01. The van der Waals surface area contributed by atoms with Gasteiger partial charge in [0.25, 0.3) is 0 Å². The van der Waals surface area contributed by atoms with Gasteiger partial charge in [-0.1, -0.05) is 30.3 Å². The van der Waals surface area contributed by atoms with Crippen LogP contribution in [0, 0.1) is 6.92 Å². The molecule has 3 nitrogen and oxygen atoms in total. The van der Waals surface area contributed by atoms with Crippen LogP contribution in [-0.2, 0) is 6.42 Å². The number of aryl methyl sites for hydroxylation is 1. The highest BCUT2D eigenvalue weighted by Crippen LogP contribution is 2.16. The van der Waals surface area contributed by atoms with Gasteiger partial charge in [-0.2, -0.15) is 5.10 Å². The fourth-order valence-electron chi connectivity index (χ4n) is 2.01. The zero-order valence-corrected chi connectivity index (χ0v) is 11.6. The Morgan fingerprint density at radius 1 is 1.22 bits per heavy atom. The van der Waals surface area contributed by atoms with Crippen molar-refractivity contribution in [3.63, 3.8) is 0 Å². The van der Waals surface area contributed by atoms with Crippen molar-refractivity contribution in [3.05, 3.63) is 64.0 Å². The molecule has 90 valence electrons. The van der Waals surface area contributed by atoms with Gasteiger partial charge in [0.1, 0.15) is 0 Å². The predicted octanol–water partition coefficient (Wildman–Crippen LogP) is 3.39.